The van der Waals surface area contributed by atoms with Crippen LogP contribution in [-0.2, 0) is 19.1 Å². The molecule has 0 fully saturated rings. The van der Waals surface area contributed by atoms with Crippen molar-refractivity contribution in [2.75, 3.05) is 11.9 Å². The summed E-state index contributed by atoms with van der Waals surface area (Å²) in [6, 6.07) is 7.61. The summed E-state index contributed by atoms with van der Waals surface area (Å²) in [5, 5.41) is 16.9. The highest BCUT2D eigenvalue weighted by Crippen LogP contribution is 2.35. The zero-order valence-electron chi connectivity index (χ0n) is 26.0. The first-order valence-corrected chi connectivity index (χ1v) is 15.0. The second-order valence-electron chi connectivity index (χ2n) is 11.6. The number of hydrogen-bond donors (Lipinski definition) is 4. The fourth-order valence-corrected chi connectivity index (χ4v) is 4.87. The average molecular weight is 617 g/mol. The molecule has 0 aliphatic carbocycles. The number of carbonyl (C=O) groups excluding carboxylic acids is 4. The van der Waals surface area contributed by atoms with E-state index in [0.717, 1.165) is 19.3 Å². The van der Waals surface area contributed by atoms with Gasteiger partial charge in [0.25, 0.3) is 5.91 Å². The Morgan fingerprint density at radius 3 is 2.28 bits per heavy atom. The average Bonchev–Trinajstić information content (AvgIpc) is 2.91. The van der Waals surface area contributed by atoms with E-state index < -0.39 is 41.5 Å². The number of amides is 4. The molecule has 43 heavy (non-hydrogen) atoms. The minimum Gasteiger partial charge on any atom is -0.507 e. The number of benzene rings is 2. The molecule has 2 aromatic carbocycles. The van der Waals surface area contributed by atoms with Crippen LogP contribution in [0.5, 0.6) is 5.75 Å². The van der Waals surface area contributed by atoms with Crippen LogP contribution < -0.4 is 16.4 Å². The van der Waals surface area contributed by atoms with Crippen molar-refractivity contribution in [3.63, 3.8) is 0 Å². The Kier molecular flexibility index (Phi) is 13.3. The zero-order valence-corrected chi connectivity index (χ0v) is 26.7. The summed E-state index contributed by atoms with van der Waals surface area (Å²) in [5.41, 5.74) is 6.36. The normalized spacial score (nSPS) is 12.6. The molecule has 0 heterocycles. The molecule has 10 nitrogen and oxygen atoms in total. The third-order valence-corrected chi connectivity index (χ3v) is 7.11. The molecule has 2 unspecified atom stereocenters. The first-order valence-electron chi connectivity index (χ1n) is 14.6. The number of halogens is 1. The van der Waals surface area contributed by atoms with Crippen molar-refractivity contribution in [2.24, 2.45) is 5.73 Å². The highest BCUT2D eigenvalue weighted by atomic mass is 35.5. The number of para-hydroxylation sites is 2. The molecule has 0 saturated carbocycles. The van der Waals surface area contributed by atoms with E-state index in [-0.39, 0.29) is 30.7 Å². The summed E-state index contributed by atoms with van der Waals surface area (Å²) < 4.78 is 5.38. The van der Waals surface area contributed by atoms with E-state index in [1.165, 1.54) is 4.90 Å². The first kappa shape index (κ1) is 35.4. The van der Waals surface area contributed by atoms with Gasteiger partial charge in [-0.15, -0.1) is 0 Å². The number of aryl methyl sites for hydroxylation is 2. The maximum absolute atomic E-state index is 14.3. The van der Waals surface area contributed by atoms with E-state index >= 15 is 0 Å². The summed E-state index contributed by atoms with van der Waals surface area (Å²) in [4.78, 5) is 54.3. The van der Waals surface area contributed by atoms with Crippen LogP contribution in [0.4, 0.5) is 10.5 Å². The zero-order chi connectivity index (χ0) is 32.3. The number of anilines is 1. The summed E-state index contributed by atoms with van der Waals surface area (Å²) in [6.45, 7) is 10.7. The van der Waals surface area contributed by atoms with Crippen molar-refractivity contribution >= 4 is 41.1 Å². The minimum atomic E-state index is -1.30. The van der Waals surface area contributed by atoms with Crippen LogP contribution in [0.3, 0.4) is 0 Å². The number of hydrogen-bond acceptors (Lipinski definition) is 6. The summed E-state index contributed by atoms with van der Waals surface area (Å²) in [6.07, 6.45) is 2.03. The van der Waals surface area contributed by atoms with Crippen LogP contribution in [0.1, 0.15) is 89.0 Å². The van der Waals surface area contributed by atoms with Gasteiger partial charge in [-0.25, -0.2) is 4.79 Å². The molecule has 0 radical (unpaired) electrons. The fourth-order valence-electron chi connectivity index (χ4n) is 4.60. The number of primary amides is 1. The lowest BCUT2D eigenvalue weighted by Gasteiger charge is -2.35. The molecule has 236 valence electrons. The Labute approximate surface area is 259 Å². The van der Waals surface area contributed by atoms with Gasteiger partial charge in [0.1, 0.15) is 23.4 Å². The van der Waals surface area contributed by atoms with Gasteiger partial charge in [0.15, 0.2) is 0 Å². The van der Waals surface area contributed by atoms with Gasteiger partial charge in [0.2, 0.25) is 11.8 Å². The number of carbonyl (C=O) groups is 4. The van der Waals surface area contributed by atoms with Gasteiger partial charge in [-0.3, -0.25) is 14.4 Å². The Bertz CT molecular complexity index is 1270. The molecule has 2 atom stereocenters. The number of nitrogens with zero attached hydrogens (tertiary/aromatic N) is 1. The van der Waals surface area contributed by atoms with Gasteiger partial charge in [-0.1, -0.05) is 68.1 Å². The lowest BCUT2D eigenvalue weighted by atomic mass is 9.98. The van der Waals surface area contributed by atoms with E-state index in [2.05, 4.69) is 17.6 Å². The van der Waals surface area contributed by atoms with Crippen molar-refractivity contribution in [1.29, 1.82) is 0 Å². The van der Waals surface area contributed by atoms with E-state index in [1.807, 2.05) is 0 Å². The van der Waals surface area contributed by atoms with Crippen molar-refractivity contribution in [2.45, 2.75) is 97.8 Å². The Morgan fingerprint density at radius 1 is 1.02 bits per heavy atom. The molecule has 0 spiro atoms. The predicted octanol–water partition coefficient (Wildman–Crippen LogP) is 5.91. The van der Waals surface area contributed by atoms with Crippen molar-refractivity contribution in [3.05, 3.63) is 58.1 Å². The molecule has 5 N–H and O–H groups in total. The van der Waals surface area contributed by atoms with E-state index in [4.69, 9.17) is 22.1 Å². The van der Waals surface area contributed by atoms with Crippen LogP contribution in [0.15, 0.2) is 36.4 Å². The number of phenolic OH excluding ortho intramolecular Hbond substituents is 1. The quantitative estimate of drug-likeness (QED) is 0.194. The fraction of sp³-hybridized carbons (Fsp3) is 0.500. The van der Waals surface area contributed by atoms with Crippen LogP contribution in [0, 0.1) is 13.8 Å². The molecule has 0 saturated heterocycles. The van der Waals surface area contributed by atoms with Gasteiger partial charge in [0.05, 0.1) is 10.7 Å². The third-order valence-electron chi connectivity index (χ3n) is 6.80. The first-order chi connectivity index (χ1) is 20.2. The highest BCUT2D eigenvalue weighted by molar-refractivity contribution is 6.34. The molecule has 0 aromatic heterocycles. The summed E-state index contributed by atoms with van der Waals surface area (Å²) >= 11 is 6.42. The van der Waals surface area contributed by atoms with Gasteiger partial charge in [0, 0.05) is 18.5 Å². The molecule has 4 amide bonds. The molecule has 2 rings (SSSR count). The molecular formula is C32H45ClN4O6. The van der Waals surface area contributed by atoms with Crippen molar-refractivity contribution < 1.29 is 29.0 Å². The monoisotopic (exact) mass is 616 g/mol. The molecule has 0 aliphatic heterocycles. The van der Waals surface area contributed by atoms with Crippen LogP contribution in [0.2, 0.25) is 5.02 Å². The number of nitrogens with two attached hydrogens (primary N) is 1. The summed E-state index contributed by atoms with van der Waals surface area (Å²) in [7, 11) is 0. The minimum absolute atomic E-state index is 0.114. The Morgan fingerprint density at radius 2 is 1.67 bits per heavy atom. The van der Waals surface area contributed by atoms with Gasteiger partial charge in [-0.05, 0) is 64.7 Å². The van der Waals surface area contributed by atoms with Crippen molar-refractivity contribution in [1.82, 2.24) is 10.2 Å². The Hall–Kier alpha value is -3.79. The molecule has 2 aromatic rings. The molecule has 11 heteroatoms. The van der Waals surface area contributed by atoms with Gasteiger partial charge >= 0.3 is 6.09 Å². The second-order valence-corrected chi connectivity index (χ2v) is 12.0. The summed E-state index contributed by atoms with van der Waals surface area (Å²) in [5.74, 6) is -2.02. The molecule has 0 bridgehead atoms. The maximum Gasteiger partial charge on any atom is 0.408 e. The SMILES string of the molecule is CCCCCCN(C(=O)C(CCC(N)=O)NC(=O)OC(C)(C)C)C(C(=O)Nc1c(C)cccc1Cl)c1cccc(C)c1O. The predicted molar refractivity (Wildman–Crippen MR) is 168 cm³/mol. The number of ether oxygens (including phenoxy) is 1. The number of alkyl carbamates (subject to hydrolysis) is 1. The lowest BCUT2D eigenvalue weighted by molar-refractivity contribution is -0.141. The molecular weight excluding hydrogens is 572 g/mol. The maximum atomic E-state index is 14.3. The van der Waals surface area contributed by atoms with E-state index in [9.17, 15) is 24.3 Å². The van der Waals surface area contributed by atoms with Crippen LogP contribution in [0.25, 0.3) is 0 Å². The molecule has 0 aliphatic rings. The van der Waals surface area contributed by atoms with Crippen LogP contribution in [-0.4, -0.2) is 52.0 Å². The lowest BCUT2D eigenvalue weighted by Crippen LogP contribution is -2.53. The van der Waals surface area contributed by atoms with Crippen LogP contribution >= 0.6 is 11.6 Å². The van der Waals surface area contributed by atoms with E-state index in [0.29, 0.717) is 28.3 Å². The number of phenols is 1. The standard InChI is InChI=1S/C32H45ClN4O6/c1-7-8-9-10-19-37(30(41)24(17-18-25(34)38)35-31(42)43-32(4,5)6)27(22-15-11-14-21(3)28(22)39)29(40)36-26-20(2)13-12-16-23(26)33/h11-16,24,27,39H,7-10,17-19H2,1-6H3,(H2,34,38)(H,35,42)(H,36,40). The Balaban J connectivity index is 2.65. The number of nitrogens with one attached hydrogen (secondary N) is 2. The van der Waals surface area contributed by atoms with E-state index in [1.54, 1.807) is 71.0 Å². The smallest absolute Gasteiger partial charge is 0.408 e. The van der Waals surface area contributed by atoms with Gasteiger partial charge < -0.3 is 31.1 Å². The highest BCUT2D eigenvalue weighted by Gasteiger charge is 2.38. The number of rotatable bonds is 14. The largest absolute Gasteiger partial charge is 0.507 e. The number of unbranched alkanes of at least 4 members (excludes halogenated alkanes) is 3. The van der Waals surface area contributed by atoms with Gasteiger partial charge in [-0.2, -0.15) is 0 Å². The topological polar surface area (TPSA) is 151 Å². The second kappa shape index (κ2) is 16.2. The van der Waals surface area contributed by atoms with Crippen molar-refractivity contribution in [3.8, 4) is 5.75 Å². The third kappa shape index (κ3) is 10.8. The number of aromatic hydroxyl groups is 1.